The molecule has 12 unspecified atom stereocenters. The Balaban J connectivity index is 1.61. The number of ether oxygens (including phenoxy) is 4. The van der Waals surface area contributed by atoms with Crippen LogP contribution in [0.5, 0.6) is 0 Å². The van der Waals surface area contributed by atoms with Gasteiger partial charge in [-0.2, -0.15) is 0 Å². The maximum atomic E-state index is 13.4. The minimum atomic E-state index is -1.79. The molecule has 2 heterocycles. The summed E-state index contributed by atoms with van der Waals surface area (Å²) in [5.74, 6) is -0.238. The van der Waals surface area contributed by atoms with Crippen molar-refractivity contribution in [1.82, 2.24) is 5.32 Å². The lowest BCUT2D eigenvalue weighted by Gasteiger charge is -2.46. The molecule has 99 heavy (non-hydrogen) atoms. The van der Waals surface area contributed by atoms with E-state index >= 15 is 0 Å². The molecule has 2 fully saturated rings. The van der Waals surface area contributed by atoms with E-state index in [4.69, 9.17) is 18.9 Å². The summed E-state index contributed by atoms with van der Waals surface area (Å²) < 4.78 is 22.9. The number of nitrogens with one attached hydrogen (secondary N) is 1. The van der Waals surface area contributed by atoms with Crippen molar-refractivity contribution in [2.24, 2.45) is 0 Å². The van der Waals surface area contributed by atoms with Gasteiger partial charge >= 0.3 is 0 Å². The lowest BCUT2D eigenvalue weighted by atomic mass is 9.97. The maximum Gasteiger partial charge on any atom is 0.220 e. The molecule has 0 radical (unpaired) electrons. The number of rotatable bonds is 69. The number of hydrogen-bond donors (Lipinski definition) is 9. The summed E-state index contributed by atoms with van der Waals surface area (Å²) in [7, 11) is 0. The number of hydrogen-bond acceptors (Lipinski definition) is 13. The zero-order valence-corrected chi connectivity index (χ0v) is 63.2. The quantitative estimate of drug-likeness (QED) is 0.0204. The Morgan fingerprint density at radius 2 is 0.697 bits per heavy atom. The number of aliphatic hydroxyl groups is 8. The van der Waals surface area contributed by atoms with E-state index in [0.717, 1.165) is 77.0 Å². The molecule has 0 aromatic heterocycles. The van der Waals surface area contributed by atoms with Crippen LogP contribution in [-0.4, -0.2) is 140 Å². The molecule has 576 valence electrons. The molecule has 14 nitrogen and oxygen atoms in total. The highest BCUT2D eigenvalue weighted by molar-refractivity contribution is 5.76. The van der Waals surface area contributed by atoms with Gasteiger partial charge in [0, 0.05) is 6.42 Å². The molecule has 0 aliphatic carbocycles. The fraction of sp³-hybridized carbons (Fsp3) is 0.824. The van der Waals surface area contributed by atoms with Crippen LogP contribution in [0.3, 0.4) is 0 Å². The fourth-order valence-electron chi connectivity index (χ4n) is 13.4. The first kappa shape index (κ1) is 92.3. The van der Waals surface area contributed by atoms with Crippen molar-refractivity contribution in [1.29, 1.82) is 0 Å². The topological polar surface area (TPSA) is 228 Å². The molecule has 0 saturated carbocycles. The minimum absolute atomic E-state index is 0.238. The summed E-state index contributed by atoms with van der Waals surface area (Å²) in [6, 6.07) is -0.921. The third kappa shape index (κ3) is 51.1. The number of carbonyl (C=O) groups is 1. The van der Waals surface area contributed by atoms with Crippen LogP contribution in [0.15, 0.2) is 85.1 Å². The van der Waals surface area contributed by atoms with Crippen molar-refractivity contribution in [3.63, 3.8) is 0 Å². The molecule has 14 heteroatoms. The summed E-state index contributed by atoms with van der Waals surface area (Å²) in [6.07, 6.45) is 79.5. The van der Waals surface area contributed by atoms with Gasteiger partial charge in [0.25, 0.3) is 0 Å². The zero-order valence-electron chi connectivity index (χ0n) is 63.2. The molecule has 2 aliphatic heterocycles. The monoisotopic (exact) mass is 1400 g/mol. The van der Waals surface area contributed by atoms with Crippen LogP contribution in [-0.2, 0) is 23.7 Å². The number of allylic oxidation sites excluding steroid dienone is 13. The lowest BCUT2D eigenvalue weighted by molar-refractivity contribution is -0.359. The minimum Gasteiger partial charge on any atom is -0.394 e. The average Bonchev–Trinajstić information content (AvgIpc) is 0.793. The smallest absolute Gasteiger partial charge is 0.220 e. The zero-order chi connectivity index (χ0) is 71.5. The highest BCUT2D eigenvalue weighted by atomic mass is 16.7. The Morgan fingerprint density at radius 3 is 1.07 bits per heavy atom. The van der Waals surface area contributed by atoms with Gasteiger partial charge in [-0.3, -0.25) is 4.79 Å². The van der Waals surface area contributed by atoms with Crippen LogP contribution in [0, 0.1) is 0 Å². The lowest BCUT2D eigenvalue weighted by Crippen LogP contribution is -2.65. The van der Waals surface area contributed by atoms with Crippen molar-refractivity contribution in [3.8, 4) is 0 Å². The first-order chi connectivity index (χ1) is 48.6. The standard InChI is InChI=1S/C85H153NO13/c1-3-5-7-9-11-13-15-17-19-21-23-25-27-29-31-33-35-37-39-41-43-45-47-49-51-53-55-57-59-61-63-65-67-69-77(90)86-73(72-96-84-82(95)80(93)83(76(71-88)98-84)99-85-81(94)79(92)78(91)75(70-87)97-85)74(89)68-66-64-62-60-58-56-54-52-50-48-46-44-42-40-38-36-34-32-30-28-26-24-22-20-18-16-14-12-10-8-6-4-2/h5,7,11,13,17,19,23,25,29,31,35,37,66,68,73-76,78-85,87-89,91-95H,3-4,6,8-10,12,14-16,18,20-22,24,26-28,30,32-34,36,38-65,67,69-72H2,1-2H3,(H,86,90)/b7-5-,13-11-,19-17-,25-23-,31-29-,37-35-,68-66+. The summed E-state index contributed by atoms with van der Waals surface area (Å²) in [6.45, 7) is 2.73. The third-order valence-corrected chi connectivity index (χ3v) is 19.8. The second-order valence-corrected chi connectivity index (χ2v) is 28.9. The van der Waals surface area contributed by atoms with Crippen LogP contribution in [0.4, 0.5) is 0 Å². The first-order valence-electron chi connectivity index (χ1n) is 41.3. The van der Waals surface area contributed by atoms with Gasteiger partial charge in [-0.15, -0.1) is 0 Å². The van der Waals surface area contributed by atoms with E-state index in [0.29, 0.717) is 6.42 Å². The number of aliphatic hydroxyl groups excluding tert-OH is 8. The molecule has 0 spiro atoms. The van der Waals surface area contributed by atoms with Gasteiger partial charge in [-0.1, -0.05) is 362 Å². The summed E-state index contributed by atoms with van der Waals surface area (Å²) in [4.78, 5) is 13.4. The van der Waals surface area contributed by atoms with E-state index < -0.39 is 86.8 Å². The number of amides is 1. The molecule has 0 bridgehead atoms. The second-order valence-electron chi connectivity index (χ2n) is 28.9. The van der Waals surface area contributed by atoms with E-state index in [1.807, 2.05) is 6.08 Å². The molecule has 0 aromatic rings. The molecule has 2 aliphatic rings. The molecule has 9 N–H and O–H groups in total. The van der Waals surface area contributed by atoms with Crippen molar-refractivity contribution in [2.45, 2.75) is 428 Å². The predicted octanol–water partition coefficient (Wildman–Crippen LogP) is 19.1. The van der Waals surface area contributed by atoms with Gasteiger partial charge < -0.3 is 65.1 Å². The molecule has 2 rings (SSSR count). The Hall–Kier alpha value is -2.83. The van der Waals surface area contributed by atoms with Crippen LogP contribution in [0.1, 0.15) is 354 Å². The molecule has 2 saturated heterocycles. The molecule has 0 aromatic carbocycles. The Labute approximate surface area is 605 Å². The van der Waals surface area contributed by atoms with E-state index in [-0.39, 0.29) is 18.9 Å². The predicted molar refractivity (Wildman–Crippen MR) is 410 cm³/mol. The van der Waals surface area contributed by atoms with Gasteiger partial charge in [0.15, 0.2) is 12.6 Å². The van der Waals surface area contributed by atoms with E-state index in [1.165, 1.54) is 250 Å². The van der Waals surface area contributed by atoms with Crippen molar-refractivity contribution < 1.29 is 64.6 Å². The summed E-state index contributed by atoms with van der Waals surface area (Å²) >= 11 is 0. The summed E-state index contributed by atoms with van der Waals surface area (Å²) in [5, 5.41) is 87.8. The largest absolute Gasteiger partial charge is 0.394 e. The Bertz CT molecular complexity index is 1990. The van der Waals surface area contributed by atoms with Gasteiger partial charge in [-0.05, 0) is 70.6 Å². The van der Waals surface area contributed by atoms with Crippen molar-refractivity contribution >= 4 is 5.91 Å². The van der Waals surface area contributed by atoms with Crippen LogP contribution < -0.4 is 5.32 Å². The maximum absolute atomic E-state index is 13.4. The molecule has 12 atom stereocenters. The van der Waals surface area contributed by atoms with E-state index in [9.17, 15) is 45.6 Å². The van der Waals surface area contributed by atoms with Gasteiger partial charge in [-0.25, -0.2) is 0 Å². The second kappa shape index (κ2) is 68.3. The van der Waals surface area contributed by atoms with Gasteiger partial charge in [0.05, 0.1) is 32.0 Å². The Morgan fingerprint density at radius 1 is 0.374 bits per heavy atom. The van der Waals surface area contributed by atoms with Gasteiger partial charge in [0.1, 0.15) is 48.8 Å². The van der Waals surface area contributed by atoms with Gasteiger partial charge in [0.2, 0.25) is 5.91 Å². The van der Waals surface area contributed by atoms with E-state index in [2.05, 4.69) is 92.1 Å². The summed E-state index contributed by atoms with van der Waals surface area (Å²) in [5.41, 5.74) is 0. The van der Waals surface area contributed by atoms with Crippen LogP contribution >= 0.6 is 0 Å². The van der Waals surface area contributed by atoms with Crippen LogP contribution in [0.25, 0.3) is 0 Å². The van der Waals surface area contributed by atoms with E-state index in [1.54, 1.807) is 6.08 Å². The molecular formula is C85H153NO13. The highest BCUT2D eigenvalue weighted by Crippen LogP contribution is 2.30. The third-order valence-electron chi connectivity index (χ3n) is 19.8. The first-order valence-corrected chi connectivity index (χ1v) is 41.3. The average molecular weight is 1400 g/mol. The number of carbonyl (C=O) groups excluding carboxylic acids is 1. The fourth-order valence-corrected chi connectivity index (χ4v) is 13.4. The Kier molecular flexibility index (Phi) is 63.6. The number of unbranched alkanes of at least 4 members (excludes halogenated alkanes) is 44. The van der Waals surface area contributed by atoms with Crippen molar-refractivity contribution in [3.05, 3.63) is 85.1 Å². The molecule has 1 amide bonds. The van der Waals surface area contributed by atoms with Crippen LogP contribution in [0.2, 0.25) is 0 Å². The highest BCUT2D eigenvalue weighted by Gasteiger charge is 2.51. The molecular weight excluding hydrogens is 1240 g/mol. The SMILES string of the molecule is CC/C=C\C/C=C\C/C=C\C/C=C\C/C=C\C/C=C\CCCCCCCCCCCCCCCCC(=O)NC(COC1OC(CO)C(OC2OC(CO)C(O)C(O)C2O)C(O)C1O)C(O)/C=C/CCCCCCCCCCCCCCCCCCCCCCCCCCCCCCCC. The normalized spacial score (nSPS) is 22.4. The van der Waals surface area contributed by atoms with Crippen molar-refractivity contribution in [2.75, 3.05) is 19.8 Å².